The fraction of sp³-hybridized carbons (Fsp3) is 0.538. The molecule has 3 rings (SSSR count). The highest BCUT2D eigenvalue weighted by Gasteiger charge is 2.15. The molecule has 0 aromatic heterocycles. The first kappa shape index (κ1) is 9.22. The second-order valence-corrected chi connectivity index (χ2v) is 4.46. The first-order valence-corrected chi connectivity index (χ1v) is 5.92. The molecule has 0 saturated carbocycles. The van der Waals surface area contributed by atoms with Crippen LogP contribution in [-0.4, -0.2) is 13.2 Å². The normalized spacial score (nSPS) is 19.7. The Hall–Kier alpha value is -1.02. The Kier molecular flexibility index (Phi) is 2.37. The molecule has 0 unspecified atom stereocenters. The van der Waals surface area contributed by atoms with Gasteiger partial charge in [-0.25, -0.2) is 0 Å². The van der Waals surface area contributed by atoms with Crippen molar-refractivity contribution in [3.05, 3.63) is 28.8 Å². The predicted octanol–water partition coefficient (Wildman–Crippen LogP) is 2.05. The average molecular weight is 203 g/mol. The third-order valence-corrected chi connectivity index (χ3v) is 3.38. The highest BCUT2D eigenvalue weighted by atomic mass is 16.5. The van der Waals surface area contributed by atoms with Crippen LogP contribution in [0.4, 0.5) is 0 Å². The van der Waals surface area contributed by atoms with Crippen molar-refractivity contribution in [3.8, 4) is 5.75 Å². The molecule has 1 aliphatic carbocycles. The van der Waals surface area contributed by atoms with Gasteiger partial charge in [-0.15, -0.1) is 0 Å². The van der Waals surface area contributed by atoms with Crippen LogP contribution in [-0.2, 0) is 19.4 Å². The van der Waals surface area contributed by atoms with Crippen LogP contribution in [0.25, 0.3) is 0 Å². The maximum Gasteiger partial charge on any atom is 0.124 e. The van der Waals surface area contributed by atoms with Crippen LogP contribution in [0.5, 0.6) is 5.75 Å². The van der Waals surface area contributed by atoms with Gasteiger partial charge in [-0.3, -0.25) is 0 Å². The second-order valence-electron chi connectivity index (χ2n) is 4.46. The number of hydrogen-bond donors (Lipinski definition) is 1. The zero-order valence-electron chi connectivity index (χ0n) is 9.01. The first-order valence-electron chi connectivity index (χ1n) is 5.92. The molecule has 1 aliphatic heterocycles. The van der Waals surface area contributed by atoms with Crippen LogP contribution in [0.1, 0.15) is 29.5 Å². The lowest BCUT2D eigenvalue weighted by atomic mass is 9.90. The molecule has 1 N–H and O–H groups in total. The number of hydrogen-bond acceptors (Lipinski definition) is 2. The Morgan fingerprint density at radius 2 is 1.80 bits per heavy atom. The molecule has 0 atom stereocenters. The number of ether oxygens (including phenoxy) is 1. The summed E-state index contributed by atoms with van der Waals surface area (Å²) in [7, 11) is 0. The SMILES string of the molecule is c1c2c(cc3c1CNCCO3)CCCC2. The van der Waals surface area contributed by atoms with E-state index in [9.17, 15) is 0 Å². The first-order chi connectivity index (χ1) is 7.43. The van der Waals surface area contributed by atoms with Crippen molar-refractivity contribution in [2.24, 2.45) is 0 Å². The molecule has 0 radical (unpaired) electrons. The van der Waals surface area contributed by atoms with Crippen molar-refractivity contribution >= 4 is 0 Å². The van der Waals surface area contributed by atoms with E-state index >= 15 is 0 Å². The fourth-order valence-corrected chi connectivity index (χ4v) is 2.54. The molecule has 0 fully saturated rings. The topological polar surface area (TPSA) is 21.3 Å². The van der Waals surface area contributed by atoms with Gasteiger partial charge in [-0.2, -0.15) is 0 Å². The number of fused-ring (bicyclic) bond motifs is 2. The summed E-state index contributed by atoms with van der Waals surface area (Å²) < 4.78 is 5.75. The highest BCUT2D eigenvalue weighted by molar-refractivity contribution is 5.44. The molecule has 1 heterocycles. The third kappa shape index (κ3) is 1.74. The number of aryl methyl sites for hydroxylation is 2. The highest BCUT2D eigenvalue weighted by Crippen LogP contribution is 2.29. The minimum Gasteiger partial charge on any atom is -0.492 e. The van der Waals surface area contributed by atoms with E-state index in [-0.39, 0.29) is 0 Å². The lowest BCUT2D eigenvalue weighted by molar-refractivity contribution is 0.325. The molecule has 2 heteroatoms. The Labute approximate surface area is 90.6 Å². The Morgan fingerprint density at radius 3 is 2.67 bits per heavy atom. The van der Waals surface area contributed by atoms with Crippen LogP contribution in [0, 0.1) is 0 Å². The van der Waals surface area contributed by atoms with E-state index in [1.54, 1.807) is 5.56 Å². The van der Waals surface area contributed by atoms with Crippen molar-refractivity contribution in [2.45, 2.75) is 32.2 Å². The minimum absolute atomic E-state index is 0.797. The zero-order valence-corrected chi connectivity index (χ0v) is 9.01. The van der Waals surface area contributed by atoms with Gasteiger partial charge in [0.1, 0.15) is 12.4 Å². The molecule has 0 amide bonds. The van der Waals surface area contributed by atoms with Gasteiger partial charge in [0.15, 0.2) is 0 Å². The Morgan fingerprint density at radius 1 is 1.00 bits per heavy atom. The van der Waals surface area contributed by atoms with Crippen molar-refractivity contribution < 1.29 is 4.74 Å². The molecule has 80 valence electrons. The standard InChI is InChI=1S/C13H17NO/c1-2-4-11-8-13-12(7-10(11)3-1)9-14-5-6-15-13/h7-8,14H,1-6,9H2. The summed E-state index contributed by atoms with van der Waals surface area (Å²) in [6.45, 7) is 2.72. The monoisotopic (exact) mass is 203 g/mol. The van der Waals surface area contributed by atoms with Crippen LogP contribution in [0.3, 0.4) is 0 Å². The van der Waals surface area contributed by atoms with Crippen molar-refractivity contribution in [1.29, 1.82) is 0 Å². The molecule has 2 nitrogen and oxygen atoms in total. The second kappa shape index (κ2) is 3.86. The van der Waals surface area contributed by atoms with Gasteiger partial charge in [-0.1, -0.05) is 6.07 Å². The molecule has 1 aromatic rings. The van der Waals surface area contributed by atoms with Gasteiger partial charge in [0.2, 0.25) is 0 Å². The van der Waals surface area contributed by atoms with Gasteiger partial charge in [0.25, 0.3) is 0 Å². The van der Waals surface area contributed by atoms with Crippen molar-refractivity contribution in [1.82, 2.24) is 5.32 Å². The fourth-order valence-electron chi connectivity index (χ4n) is 2.54. The van der Waals surface area contributed by atoms with Gasteiger partial charge >= 0.3 is 0 Å². The summed E-state index contributed by atoms with van der Waals surface area (Å²) in [4.78, 5) is 0. The smallest absolute Gasteiger partial charge is 0.124 e. The Bertz CT molecular complexity index is 338. The maximum atomic E-state index is 5.75. The van der Waals surface area contributed by atoms with E-state index in [2.05, 4.69) is 17.4 Å². The molecular formula is C13H17NO. The van der Waals surface area contributed by atoms with Gasteiger partial charge in [-0.05, 0) is 42.9 Å². The van der Waals surface area contributed by atoms with Gasteiger partial charge in [0.05, 0.1) is 0 Å². The summed E-state index contributed by atoms with van der Waals surface area (Å²) in [5, 5.41) is 3.39. The van der Waals surface area contributed by atoms with Crippen molar-refractivity contribution in [3.63, 3.8) is 0 Å². The number of nitrogens with one attached hydrogen (secondary N) is 1. The van der Waals surface area contributed by atoms with E-state index in [1.807, 2.05) is 0 Å². The van der Waals surface area contributed by atoms with E-state index in [1.165, 1.54) is 36.8 Å². The molecule has 0 bridgehead atoms. The lowest BCUT2D eigenvalue weighted by Gasteiger charge is -2.18. The molecular weight excluding hydrogens is 186 g/mol. The minimum atomic E-state index is 0.797. The number of benzene rings is 1. The number of rotatable bonds is 0. The molecule has 1 aromatic carbocycles. The predicted molar refractivity (Wildman–Crippen MR) is 60.3 cm³/mol. The molecule has 15 heavy (non-hydrogen) atoms. The summed E-state index contributed by atoms with van der Waals surface area (Å²) in [5.41, 5.74) is 4.40. The van der Waals surface area contributed by atoms with Crippen molar-refractivity contribution in [2.75, 3.05) is 13.2 Å². The summed E-state index contributed by atoms with van der Waals surface area (Å²) in [6.07, 6.45) is 5.17. The summed E-state index contributed by atoms with van der Waals surface area (Å²) >= 11 is 0. The van der Waals surface area contributed by atoms with Crippen LogP contribution in [0.2, 0.25) is 0 Å². The largest absolute Gasteiger partial charge is 0.492 e. The van der Waals surface area contributed by atoms with E-state index in [0.717, 1.165) is 25.4 Å². The van der Waals surface area contributed by atoms with Crippen LogP contribution < -0.4 is 10.1 Å². The average Bonchev–Trinajstić information content (AvgIpc) is 2.50. The van der Waals surface area contributed by atoms with Gasteiger partial charge < -0.3 is 10.1 Å². The van der Waals surface area contributed by atoms with E-state index in [0.29, 0.717) is 0 Å². The van der Waals surface area contributed by atoms with E-state index < -0.39 is 0 Å². The quantitative estimate of drug-likeness (QED) is 0.696. The molecule has 2 aliphatic rings. The van der Waals surface area contributed by atoms with Crippen LogP contribution >= 0.6 is 0 Å². The summed E-state index contributed by atoms with van der Waals surface area (Å²) in [5.74, 6) is 1.11. The van der Waals surface area contributed by atoms with Gasteiger partial charge in [0, 0.05) is 18.7 Å². The molecule has 0 spiro atoms. The summed E-state index contributed by atoms with van der Waals surface area (Å²) in [6, 6.07) is 4.62. The third-order valence-electron chi connectivity index (χ3n) is 3.38. The maximum absolute atomic E-state index is 5.75. The lowest BCUT2D eigenvalue weighted by Crippen LogP contribution is -2.16. The zero-order chi connectivity index (χ0) is 10.1. The molecule has 0 saturated heterocycles. The van der Waals surface area contributed by atoms with Crippen LogP contribution in [0.15, 0.2) is 12.1 Å². The van der Waals surface area contributed by atoms with E-state index in [4.69, 9.17) is 4.74 Å². The Balaban J connectivity index is 2.02.